The van der Waals surface area contributed by atoms with Crippen LogP contribution in [0.2, 0.25) is 0 Å². The summed E-state index contributed by atoms with van der Waals surface area (Å²) in [6, 6.07) is -0.202. The molecule has 0 bridgehead atoms. The zero-order chi connectivity index (χ0) is 20.9. The van der Waals surface area contributed by atoms with Gasteiger partial charge >= 0.3 is 6.18 Å². The van der Waals surface area contributed by atoms with Gasteiger partial charge < -0.3 is 10.2 Å². The number of carbonyl (C=O) groups is 1. The van der Waals surface area contributed by atoms with E-state index in [9.17, 15) is 18.0 Å². The number of likely N-dealkylation sites (tertiary alicyclic amines) is 1. The molecule has 158 valence electrons. The van der Waals surface area contributed by atoms with E-state index < -0.39 is 12.2 Å². The molecule has 2 aliphatic heterocycles. The number of carbonyl (C=O) groups excluding carboxylic acids is 1. The highest BCUT2D eigenvalue weighted by Crippen LogP contribution is 2.42. The second-order valence-corrected chi connectivity index (χ2v) is 9.20. The first kappa shape index (κ1) is 20.3. The molecule has 2 aromatic heterocycles. The number of fused-ring (bicyclic) bond motifs is 1. The molecule has 1 saturated heterocycles. The second-order valence-electron chi connectivity index (χ2n) is 8.12. The normalized spacial score (nSPS) is 23.0. The summed E-state index contributed by atoms with van der Waals surface area (Å²) in [5.74, 6) is 0.561. The highest BCUT2D eigenvalue weighted by Gasteiger charge is 2.47. The predicted octanol–water partition coefficient (Wildman–Crippen LogP) is 4.71. The van der Waals surface area contributed by atoms with Crippen LogP contribution in [-0.4, -0.2) is 45.9 Å². The molecular weight excluding hydrogens is 401 g/mol. The van der Waals surface area contributed by atoms with E-state index in [1.54, 1.807) is 24.3 Å². The molecule has 29 heavy (non-hydrogen) atoms. The Kier molecular flexibility index (Phi) is 5.13. The Morgan fingerprint density at radius 3 is 2.52 bits per heavy atom. The molecule has 5 nitrogen and oxygen atoms in total. The van der Waals surface area contributed by atoms with Crippen LogP contribution in [0.4, 0.5) is 19.0 Å². The van der Waals surface area contributed by atoms with Crippen LogP contribution in [0, 0.1) is 26.7 Å². The fraction of sp³-hybridized carbons (Fsp3) is 0.600. The van der Waals surface area contributed by atoms with E-state index >= 15 is 0 Å². The molecule has 0 aromatic carbocycles. The van der Waals surface area contributed by atoms with Gasteiger partial charge in [-0.25, -0.2) is 4.68 Å². The van der Waals surface area contributed by atoms with Crippen molar-refractivity contribution in [3.8, 4) is 0 Å². The lowest BCUT2D eigenvalue weighted by Gasteiger charge is -2.41. The molecule has 2 aliphatic rings. The third-order valence-electron chi connectivity index (χ3n) is 6.25. The van der Waals surface area contributed by atoms with Crippen molar-refractivity contribution in [2.75, 3.05) is 18.4 Å². The smallest absolute Gasteiger partial charge is 0.367 e. The van der Waals surface area contributed by atoms with Crippen molar-refractivity contribution in [3.05, 3.63) is 33.1 Å². The standard InChI is InChI=1S/C20H25F3N4OS/c1-11-8-18-24-16(9-17(20(21,22)23)27(18)25-11)14-4-6-26(7-5-14)19(28)15-10-29-13(3)12(15)2/h8,10,14,16-17,24H,4-7,9H2,1-3H3/t16-,17+/m0/s1. The van der Waals surface area contributed by atoms with Crippen molar-refractivity contribution < 1.29 is 18.0 Å². The molecule has 1 fully saturated rings. The summed E-state index contributed by atoms with van der Waals surface area (Å²) in [6.07, 6.45) is -2.97. The fourth-order valence-corrected chi connectivity index (χ4v) is 5.29. The number of nitrogens with one attached hydrogen (secondary N) is 1. The number of anilines is 1. The quantitative estimate of drug-likeness (QED) is 0.757. The number of aryl methyl sites for hydroxylation is 2. The lowest BCUT2D eigenvalue weighted by Crippen LogP contribution is -2.47. The first-order valence-electron chi connectivity index (χ1n) is 9.88. The van der Waals surface area contributed by atoms with Crippen LogP contribution in [-0.2, 0) is 0 Å². The van der Waals surface area contributed by atoms with E-state index in [0.29, 0.717) is 37.4 Å². The van der Waals surface area contributed by atoms with E-state index in [1.165, 1.54) is 0 Å². The van der Waals surface area contributed by atoms with Crippen LogP contribution >= 0.6 is 11.3 Å². The first-order chi connectivity index (χ1) is 13.6. The maximum atomic E-state index is 13.6. The predicted molar refractivity (Wildman–Crippen MR) is 107 cm³/mol. The molecular formula is C20H25F3N4OS. The van der Waals surface area contributed by atoms with Crippen molar-refractivity contribution in [1.82, 2.24) is 14.7 Å². The van der Waals surface area contributed by atoms with E-state index in [-0.39, 0.29) is 24.3 Å². The number of thiophene rings is 1. The molecule has 0 unspecified atom stereocenters. The Morgan fingerprint density at radius 1 is 1.24 bits per heavy atom. The van der Waals surface area contributed by atoms with Crippen molar-refractivity contribution in [2.45, 2.75) is 58.3 Å². The van der Waals surface area contributed by atoms with E-state index in [4.69, 9.17) is 0 Å². The molecule has 0 aliphatic carbocycles. The zero-order valence-corrected chi connectivity index (χ0v) is 17.5. The summed E-state index contributed by atoms with van der Waals surface area (Å²) in [7, 11) is 0. The third kappa shape index (κ3) is 3.76. The number of alkyl halides is 3. The molecule has 1 N–H and O–H groups in total. The Balaban J connectivity index is 1.45. The van der Waals surface area contributed by atoms with Gasteiger partial charge in [-0.1, -0.05) is 0 Å². The molecule has 2 aromatic rings. The van der Waals surface area contributed by atoms with E-state index in [1.807, 2.05) is 24.1 Å². The fourth-order valence-electron chi connectivity index (χ4n) is 4.43. The molecule has 0 saturated carbocycles. The van der Waals surface area contributed by atoms with Gasteiger partial charge in [0.25, 0.3) is 5.91 Å². The summed E-state index contributed by atoms with van der Waals surface area (Å²) in [4.78, 5) is 15.8. The van der Waals surface area contributed by atoms with Gasteiger partial charge in [0.05, 0.1) is 11.3 Å². The summed E-state index contributed by atoms with van der Waals surface area (Å²) in [5.41, 5.74) is 2.34. The lowest BCUT2D eigenvalue weighted by atomic mass is 9.84. The van der Waals surface area contributed by atoms with Gasteiger partial charge in [-0.05, 0) is 51.5 Å². The Labute approximate surface area is 171 Å². The van der Waals surface area contributed by atoms with Crippen LogP contribution in [0.3, 0.4) is 0 Å². The summed E-state index contributed by atoms with van der Waals surface area (Å²) < 4.78 is 41.9. The minimum Gasteiger partial charge on any atom is -0.367 e. The molecule has 4 rings (SSSR count). The van der Waals surface area contributed by atoms with Gasteiger partial charge in [-0.2, -0.15) is 18.3 Å². The maximum Gasteiger partial charge on any atom is 0.410 e. The summed E-state index contributed by atoms with van der Waals surface area (Å²) >= 11 is 1.57. The van der Waals surface area contributed by atoms with Gasteiger partial charge in [0.2, 0.25) is 0 Å². The summed E-state index contributed by atoms with van der Waals surface area (Å²) in [5, 5.41) is 9.22. The zero-order valence-electron chi connectivity index (χ0n) is 16.7. The highest BCUT2D eigenvalue weighted by molar-refractivity contribution is 7.10. The average Bonchev–Trinajstić information content (AvgIpc) is 3.21. The number of amides is 1. The molecule has 9 heteroatoms. The van der Waals surface area contributed by atoms with Gasteiger partial charge in [0.1, 0.15) is 5.82 Å². The third-order valence-corrected chi connectivity index (χ3v) is 7.27. The highest BCUT2D eigenvalue weighted by atomic mass is 32.1. The maximum absolute atomic E-state index is 13.6. The van der Waals surface area contributed by atoms with Gasteiger partial charge in [0, 0.05) is 35.5 Å². The van der Waals surface area contributed by atoms with Crippen LogP contribution < -0.4 is 5.32 Å². The molecule has 0 spiro atoms. The Morgan fingerprint density at radius 2 is 1.93 bits per heavy atom. The van der Waals surface area contributed by atoms with Crippen molar-refractivity contribution >= 4 is 23.1 Å². The lowest BCUT2D eigenvalue weighted by molar-refractivity contribution is -0.174. The topological polar surface area (TPSA) is 50.2 Å². The first-order valence-corrected chi connectivity index (χ1v) is 10.8. The molecule has 4 heterocycles. The largest absolute Gasteiger partial charge is 0.410 e. The van der Waals surface area contributed by atoms with Crippen LogP contribution in [0.25, 0.3) is 0 Å². The van der Waals surface area contributed by atoms with Gasteiger partial charge in [0.15, 0.2) is 6.04 Å². The Hall–Kier alpha value is -2.03. The van der Waals surface area contributed by atoms with Crippen molar-refractivity contribution in [2.24, 2.45) is 5.92 Å². The number of hydrogen-bond donors (Lipinski definition) is 1. The van der Waals surface area contributed by atoms with E-state index in [2.05, 4.69) is 10.4 Å². The number of nitrogens with zero attached hydrogens (tertiary/aromatic N) is 3. The number of hydrogen-bond acceptors (Lipinski definition) is 4. The van der Waals surface area contributed by atoms with Crippen molar-refractivity contribution in [3.63, 3.8) is 0 Å². The van der Waals surface area contributed by atoms with Crippen LogP contribution in [0.1, 0.15) is 51.8 Å². The van der Waals surface area contributed by atoms with Gasteiger partial charge in [-0.3, -0.25) is 4.79 Å². The molecule has 2 atom stereocenters. The minimum absolute atomic E-state index is 0.0287. The molecule has 0 radical (unpaired) electrons. The average molecular weight is 427 g/mol. The molecule has 1 amide bonds. The van der Waals surface area contributed by atoms with Gasteiger partial charge in [-0.15, -0.1) is 11.3 Å². The minimum atomic E-state index is -4.33. The number of aromatic nitrogens is 2. The number of rotatable bonds is 2. The van der Waals surface area contributed by atoms with Crippen LogP contribution in [0.5, 0.6) is 0 Å². The number of halogens is 3. The Bertz CT molecular complexity index is 911. The van der Waals surface area contributed by atoms with Crippen LogP contribution in [0.15, 0.2) is 11.4 Å². The second kappa shape index (κ2) is 7.34. The van der Waals surface area contributed by atoms with Crippen molar-refractivity contribution in [1.29, 1.82) is 0 Å². The number of piperidine rings is 1. The summed E-state index contributed by atoms with van der Waals surface area (Å²) in [6.45, 7) is 6.81. The SMILES string of the molecule is Cc1cc2n(n1)[C@@H](C(F)(F)F)C[C@@H](C1CCN(C(=O)c3csc(C)c3C)CC1)N2. The monoisotopic (exact) mass is 426 g/mol. The van der Waals surface area contributed by atoms with E-state index in [0.717, 1.165) is 20.7 Å².